The fraction of sp³-hybridized carbons (Fsp3) is 0.0769. The lowest BCUT2D eigenvalue weighted by atomic mass is 10.2. The minimum absolute atomic E-state index is 0.0881. The highest BCUT2D eigenvalue weighted by Crippen LogP contribution is 2.19. The number of halogens is 2. The van der Waals surface area contributed by atoms with Crippen LogP contribution in [0.2, 0.25) is 0 Å². The molecule has 0 saturated heterocycles. The van der Waals surface area contributed by atoms with Crippen molar-refractivity contribution in [1.82, 2.24) is 0 Å². The molecule has 0 aliphatic heterocycles. The normalized spacial score (nSPS) is 10.2. The van der Waals surface area contributed by atoms with Gasteiger partial charge in [0.25, 0.3) is 0 Å². The summed E-state index contributed by atoms with van der Waals surface area (Å²) in [5, 5.41) is 9.07. The van der Waals surface area contributed by atoms with Crippen molar-refractivity contribution in [2.75, 3.05) is 0 Å². The van der Waals surface area contributed by atoms with Gasteiger partial charge in [0, 0.05) is 16.1 Å². The number of phenols is 1. The zero-order valence-electron chi connectivity index (χ0n) is 8.86. The fourth-order valence-electron chi connectivity index (χ4n) is 1.35. The topological polar surface area (TPSA) is 29.5 Å². The lowest BCUT2D eigenvalue weighted by molar-refractivity contribution is 0.299. The van der Waals surface area contributed by atoms with Gasteiger partial charge >= 0.3 is 0 Å². The van der Waals surface area contributed by atoms with Gasteiger partial charge in [-0.15, -0.1) is 0 Å². The Morgan fingerprint density at radius 3 is 2.47 bits per heavy atom. The van der Waals surface area contributed by atoms with Crippen molar-refractivity contribution in [3.8, 4) is 11.5 Å². The second-order valence-corrected chi connectivity index (χ2v) is 4.43. The van der Waals surface area contributed by atoms with Gasteiger partial charge in [-0.2, -0.15) is 0 Å². The van der Waals surface area contributed by atoms with E-state index in [1.807, 2.05) is 12.1 Å². The molecule has 0 spiro atoms. The van der Waals surface area contributed by atoms with Gasteiger partial charge in [0.15, 0.2) is 0 Å². The Labute approximate surface area is 107 Å². The summed E-state index contributed by atoms with van der Waals surface area (Å²) in [5.74, 6) is 0.109. The van der Waals surface area contributed by atoms with Gasteiger partial charge in [-0.3, -0.25) is 0 Å². The third-order valence-corrected chi connectivity index (χ3v) is 2.77. The smallest absolute Gasteiger partial charge is 0.133 e. The SMILES string of the molecule is Oc1ccc(COc2ccc(Br)cc2)c(F)c1. The van der Waals surface area contributed by atoms with E-state index >= 15 is 0 Å². The molecular weight excluding hydrogens is 287 g/mol. The minimum atomic E-state index is -0.470. The molecule has 0 radical (unpaired) electrons. The summed E-state index contributed by atoms with van der Waals surface area (Å²) in [5.41, 5.74) is 0.408. The molecule has 4 heteroatoms. The second-order valence-electron chi connectivity index (χ2n) is 3.52. The van der Waals surface area contributed by atoms with Crippen molar-refractivity contribution >= 4 is 15.9 Å². The standard InChI is InChI=1S/C13H10BrFO2/c14-10-2-5-12(6-3-10)17-8-9-1-4-11(16)7-13(9)15/h1-7,16H,8H2. The van der Waals surface area contributed by atoms with Crippen molar-refractivity contribution in [3.63, 3.8) is 0 Å². The predicted octanol–water partition coefficient (Wildman–Crippen LogP) is 3.87. The van der Waals surface area contributed by atoms with E-state index in [1.165, 1.54) is 12.1 Å². The monoisotopic (exact) mass is 296 g/mol. The molecular formula is C13H10BrFO2. The van der Waals surface area contributed by atoms with Gasteiger partial charge in [-0.1, -0.05) is 15.9 Å². The Kier molecular flexibility index (Phi) is 3.64. The molecule has 0 unspecified atom stereocenters. The first kappa shape index (κ1) is 11.9. The van der Waals surface area contributed by atoms with E-state index in [4.69, 9.17) is 9.84 Å². The summed E-state index contributed by atoms with van der Waals surface area (Å²) in [6.45, 7) is 0.133. The second kappa shape index (κ2) is 5.19. The zero-order valence-corrected chi connectivity index (χ0v) is 10.4. The van der Waals surface area contributed by atoms with Crippen LogP contribution < -0.4 is 4.74 Å². The largest absolute Gasteiger partial charge is 0.508 e. The van der Waals surface area contributed by atoms with Crippen molar-refractivity contribution in [2.45, 2.75) is 6.61 Å². The summed E-state index contributed by atoms with van der Waals surface area (Å²) in [7, 11) is 0. The lowest BCUT2D eigenvalue weighted by Crippen LogP contribution is -1.98. The summed E-state index contributed by atoms with van der Waals surface area (Å²) >= 11 is 3.32. The summed E-state index contributed by atoms with van der Waals surface area (Å²) in [6, 6.07) is 11.3. The van der Waals surface area contributed by atoms with Crippen molar-refractivity contribution in [2.24, 2.45) is 0 Å². The molecule has 0 aromatic heterocycles. The van der Waals surface area contributed by atoms with E-state index < -0.39 is 5.82 Å². The third kappa shape index (κ3) is 3.20. The van der Waals surface area contributed by atoms with Gasteiger partial charge in [-0.25, -0.2) is 4.39 Å². The number of rotatable bonds is 3. The quantitative estimate of drug-likeness (QED) is 0.931. The van der Waals surface area contributed by atoms with E-state index in [1.54, 1.807) is 12.1 Å². The maximum Gasteiger partial charge on any atom is 0.133 e. The molecule has 0 fully saturated rings. The van der Waals surface area contributed by atoms with E-state index in [0.29, 0.717) is 11.3 Å². The van der Waals surface area contributed by atoms with Crippen LogP contribution in [0.4, 0.5) is 4.39 Å². The van der Waals surface area contributed by atoms with Crippen LogP contribution in [0.1, 0.15) is 5.56 Å². The summed E-state index contributed by atoms with van der Waals surface area (Å²) < 4.78 is 19.8. The van der Waals surface area contributed by atoms with E-state index in [-0.39, 0.29) is 12.4 Å². The molecule has 0 atom stereocenters. The first-order valence-electron chi connectivity index (χ1n) is 5.01. The van der Waals surface area contributed by atoms with Gasteiger partial charge in [0.1, 0.15) is 23.9 Å². The van der Waals surface area contributed by atoms with Gasteiger partial charge in [0.05, 0.1) is 0 Å². The molecule has 2 aromatic carbocycles. The zero-order chi connectivity index (χ0) is 12.3. The molecule has 2 aromatic rings. The molecule has 2 nitrogen and oxygen atoms in total. The average molecular weight is 297 g/mol. The highest BCUT2D eigenvalue weighted by Gasteiger charge is 2.04. The van der Waals surface area contributed by atoms with Gasteiger partial charge in [0.2, 0.25) is 0 Å². The molecule has 0 bridgehead atoms. The van der Waals surface area contributed by atoms with Crippen molar-refractivity contribution < 1.29 is 14.2 Å². The maximum absolute atomic E-state index is 13.4. The highest BCUT2D eigenvalue weighted by molar-refractivity contribution is 9.10. The Bertz CT molecular complexity index is 511. The number of ether oxygens (including phenoxy) is 1. The number of benzene rings is 2. The lowest BCUT2D eigenvalue weighted by Gasteiger charge is -2.07. The van der Waals surface area contributed by atoms with Crippen LogP contribution in [0.5, 0.6) is 11.5 Å². The first-order chi connectivity index (χ1) is 8.15. The molecule has 2 rings (SSSR count). The third-order valence-electron chi connectivity index (χ3n) is 2.24. The number of hydrogen-bond acceptors (Lipinski definition) is 2. The Balaban J connectivity index is 2.04. The van der Waals surface area contributed by atoms with Gasteiger partial charge in [-0.05, 0) is 36.4 Å². The number of aromatic hydroxyl groups is 1. The van der Waals surface area contributed by atoms with Crippen LogP contribution in [-0.2, 0) is 6.61 Å². The van der Waals surface area contributed by atoms with E-state index in [0.717, 1.165) is 10.5 Å². The molecule has 0 heterocycles. The average Bonchev–Trinajstić information content (AvgIpc) is 2.30. The fourth-order valence-corrected chi connectivity index (χ4v) is 1.61. The Morgan fingerprint density at radius 1 is 1.12 bits per heavy atom. The van der Waals surface area contributed by atoms with E-state index in [9.17, 15) is 4.39 Å². The first-order valence-corrected chi connectivity index (χ1v) is 5.80. The number of hydrogen-bond donors (Lipinski definition) is 1. The molecule has 1 N–H and O–H groups in total. The van der Waals surface area contributed by atoms with Crippen LogP contribution in [0, 0.1) is 5.82 Å². The van der Waals surface area contributed by atoms with Crippen LogP contribution in [0.3, 0.4) is 0 Å². The Hall–Kier alpha value is -1.55. The molecule has 17 heavy (non-hydrogen) atoms. The number of phenolic OH excluding ortho intramolecular Hbond substituents is 1. The van der Waals surface area contributed by atoms with Crippen LogP contribution in [0.15, 0.2) is 46.9 Å². The van der Waals surface area contributed by atoms with Crippen molar-refractivity contribution in [1.29, 1.82) is 0 Å². The predicted molar refractivity (Wildman–Crippen MR) is 66.5 cm³/mol. The summed E-state index contributed by atoms with van der Waals surface area (Å²) in [4.78, 5) is 0. The maximum atomic E-state index is 13.4. The van der Waals surface area contributed by atoms with Crippen LogP contribution in [-0.4, -0.2) is 5.11 Å². The summed E-state index contributed by atoms with van der Waals surface area (Å²) in [6.07, 6.45) is 0. The van der Waals surface area contributed by atoms with Crippen LogP contribution in [0.25, 0.3) is 0 Å². The highest BCUT2D eigenvalue weighted by atomic mass is 79.9. The minimum Gasteiger partial charge on any atom is -0.508 e. The molecule has 88 valence electrons. The molecule has 0 saturated carbocycles. The van der Waals surface area contributed by atoms with E-state index in [2.05, 4.69) is 15.9 Å². The van der Waals surface area contributed by atoms with Crippen LogP contribution >= 0.6 is 15.9 Å². The molecule has 0 aliphatic carbocycles. The molecule has 0 aliphatic rings. The van der Waals surface area contributed by atoms with Crippen molar-refractivity contribution in [3.05, 3.63) is 58.3 Å². The van der Waals surface area contributed by atoms with Gasteiger partial charge < -0.3 is 9.84 Å². The Morgan fingerprint density at radius 2 is 1.82 bits per heavy atom. The molecule has 0 amide bonds.